The van der Waals surface area contributed by atoms with E-state index in [4.69, 9.17) is 10.7 Å². The summed E-state index contributed by atoms with van der Waals surface area (Å²) in [6.07, 6.45) is 4.03. The lowest BCUT2D eigenvalue weighted by Gasteiger charge is -2.27. The summed E-state index contributed by atoms with van der Waals surface area (Å²) >= 11 is 0. The highest BCUT2D eigenvalue weighted by atomic mass is 19.3. The van der Waals surface area contributed by atoms with E-state index in [1.165, 1.54) is 12.1 Å². The molecule has 3 unspecified atom stereocenters. The zero-order valence-corrected chi connectivity index (χ0v) is 20.8. The Morgan fingerprint density at radius 2 is 1.97 bits per heavy atom. The Labute approximate surface area is 216 Å². The van der Waals surface area contributed by atoms with E-state index in [9.17, 15) is 13.6 Å². The van der Waals surface area contributed by atoms with Gasteiger partial charge in [0.2, 0.25) is 5.88 Å². The number of carbonyl (C=O) groups excluding carboxylic acids is 1. The minimum Gasteiger partial charge on any atom is -0.417 e. The Morgan fingerprint density at radius 3 is 2.66 bits per heavy atom. The van der Waals surface area contributed by atoms with Gasteiger partial charge in [0, 0.05) is 49.2 Å². The van der Waals surface area contributed by atoms with Crippen molar-refractivity contribution in [1.29, 1.82) is 0 Å². The summed E-state index contributed by atoms with van der Waals surface area (Å²) in [6.45, 7) is -1.74. The van der Waals surface area contributed by atoms with E-state index in [0.717, 1.165) is 31.1 Å². The van der Waals surface area contributed by atoms with E-state index in [1.54, 1.807) is 28.6 Å². The first-order valence-electron chi connectivity index (χ1n) is 13.0. The number of nitrogens with two attached hydrogens (primary N) is 1. The average molecular weight is 525 g/mol. The van der Waals surface area contributed by atoms with Crippen LogP contribution in [0.1, 0.15) is 36.0 Å². The second-order valence-corrected chi connectivity index (χ2v) is 10.8. The minimum atomic E-state index is -2.97. The molecular formula is C27H27F3N6O2. The number of hydrogen-bond donors (Lipinski definition) is 1. The molecule has 4 aromatic rings. The van der Waals surface area contributed by atoms with Crippen LogP contribution in [0.15, 0.2) is 30.3 Å². The number of ether oxygens (including phenoxy) is 1. The van der Waals surface area contributed by atoms with Crippen molar-refractivity contribution in [3.63, 3.8) is 0 Å². The first-order chi connectivity index (χ1) is 18.3. The largest absolute Gasteiger partial charge is 0.417 e. The molecule has 198 valence electrons. The summed E-state index contributed by atoms with van der Waals surface area (Å²) in [5.74, 6) is 0.330. The van der Waals surface area contributed by atoms with Crippen molar-refractivity contribution in [2.75, 3.05) is 6.54 Å². The van der Waals surface area contributed by atoms with Crippen molar-refractivity contribution in [3.05, 3.63) is 41.7 Å². The molecule has 2 bridgehead atoms. The van der Waals surface area contributed by atoms with E-state index < -0.39 is 12.4 Å². The number of nitrogens with zero attached hydrogens (tertiary/aromatic N) is 5. The van der Waals surface area contributed by atoms with E-state index in [2.05, 4.69) is 9.72 Å². The molecule has 1 amide bonds. The van der Waals surface area contributed by atoms with Gasteiger partial charge in [0.15, 0.2) is 5.82 Å². The van der Waals surface area contributed by atoms with Gasteiger partial charge in [-0.05, 0) is 61.8 Å². The number of benzene rings is 1. The summed E-state index contributed by atoms with van der Waals surface area (Å²) in [4.78, 5) is 24.2. The highest BCUT2D eigenvalue weighted by Gasteiger charge is 2.47. The van der Waals surface area contributed by atoms with Crippen molar-refractivity contribution >= 4 is 28.0 Å². The van der Waals surface area contributed by atoms with Gasteiger partial charge in [0.05, 0.1) is 11.2 Å². The molecular weight excluding hydrogens is 497 g/mol. The predicted molar refractivity (Wildman–Crippen MR) is 134 cm³/mol. The molecule has 3 aromatic heterocycles. The number of hydrogen-bond acceptors (Lipinski definition) is 5. The van der Waals surface area contributed by atoms with Crippen molar-refractivity contribution in [1.82, 2.24) is 24.0 Å². The van der Waals surface area contributed by atoms with Crippen LogP contribution in [0, 0.1) is 17.7 Å². The topological polar surface area (TPSA) is 91.2 Å². The van der Waals surface area contributed by atoms with Gasteiger partial charge in [-0.25, -0.2) is 9.37 Å². The van der Waals surface area contributed by atoms with Crippen LogP contribution in [0.3, 0.4) is 0 Å². The van der Waals surface area contributed by atoms with Gasteiger partial charge in [-0.1, -0.05) is 0 Å². The zero-order chi connectivity index (χ0) is 26.3. The van der Waals surface area contributed by atoms with Gasteiger partial charge >= 0.3 is 6.61 Å². The van der Waals surface area contributed by atoms with Crippen LogP contribution < -0.4 is 10.5 Å². The summed E-state index contributed by atoms with van der Waals surface area (Å²) < 4.78 is 49.3. The number of piperidine rings is 1. The lowest BCUT2D eigenvalue weighted by atomic mass is 10.1. The molecule has 2 saturated carbocycles. The number of aryl methyl sites for hydroxylation is 1. The average Bonchev–Trinajstić information content (AvgIpc) is 3.28. The zero-order valence-electron chi connectivity index (χ0n) is 20.8. The smallest absolute Gasteiger partial charge is 0.388 e. The van der Waals surface area contributed by atoms with Crippen molar-refractivity contribution in [2.45, 2.75) is 50.9 Å². The molecule has 2 N–H and O–H groups in total. The minimum absolute atomic E-state index is 0.00452. The van der Waals surface area contributed by atoms with Crippen LogP contribution in [0.4, 0.5) is 13.2 Å². The van der Waals surface area contributed by atoms with Crippen molar-refractivity contribution in [2.24, 2.45) is 24.6 Å². The monoisotopic (exact) mass is 524 g/mol. The molecule has 0 spiro atoms. The van der Waals surface area contributed by atoms with E-state index >= 15 is 4.39 Å². The quantitative estimate of drug-likeness (QED) is 0.406. The first-order valence-corrected chi connectivity index (χ1v) is 13.0. The third-order valence-electron chi connectivity index (χ3n) is 8.38. The second-order valence-electron chi connectivity index (χ2n) is 10.8. The predicted octanol–water partition coefficient (Wildman–Crippen LogP) is 4.30. The Balaban J connectivity index is 1.31. The van der Waals surface area contributed by atoms with Crippen LogP contribution in [-0.4, -0.2) is 55.1 Å². The Kier molecular flexibility index (Phi) is 5.23. The number of halogens is 3. The highest BCUT2D eigenvalue weighted by molar-refractivity contribution is 5.98. The Bertz CT molecular complexity index is 1590. The molecule has 3 aliphatic rings. The lowest BCUT2D eigenvalue weighted by molar-refractivity contribution is -0.0526. The van der Waals surface area contributed by atoms with Crippen LogP contribution in [0.25, 0.3) is 33.6 Å². The summed E-state index contributed by atoms with van der Waals surface area (Å²) in [6, 6.07) is 7.86. The maximum absolute atomic E-state index is 15.5. The van der Waals surface area contributed by atoms with Gasteiger partial charge in [-0.2, -0.15) is 13.8 Å². The van der Waals surface area contributed by atoms with Crippen LogP contribution in [0.5, 0.6) is 5.88 Å². The summed E-state index contributed by atoms with van der Waals surface area (Å²) in [7, 11) is 1.73. The van der Waals surface area contributed by atoms with Crippen LogP contribution in [0.2, 0.25) is 0 Å². The number of rotatable bonds is 6. The third kappa shape index (κ3) is 3.66. The van der Waals surface area contributed by atoms with Gasteiger partial charge in [0.1, 0.15) is 17.0 Å². The number of imidazole rings is 1. The number of amides is 1. The van der Waals surface area contributed by atoms with Gasteiger partial charge in [-0.3, -0.25) is 4.79 Å². The number of alkyl halides is 2. The van der Waals surface area contributed by atoms with E-state index in [1.807, 2.05) is 10.6 Å². The Hall–Kier alpha value is -3.60. The lowest BCUT2D eigenvalue weighted by Crippen LogP contribution is -2.41. The molecule has 7 rings (SSSR count). The summed E-state index contributed by atoms with van der Waals surface area (Å²) in [5.41, 5.74) is 8.40. The van der Waals surface area contributed by atoms with Gasteiger partial charge in [0.25, 0.3) is 5.91 Å². The molecule has 0 radical (unpaired) electrons. The normalized spacial score (nSPS) is 22.9. The van der Waals surface area contributed by atoms with E-state index in [-0.39, 0.29) is 35.0 Å². The number of fused-ring (bicyclic) bond motifs is 4. The van der Waals surface area contributed by atoms with Crippen molar-refractivity contribution < 1.29 is 22.7 Å². The molecule has 8 nitrogen and oxygen atoms in total. The van der Waals surface area contributed by atoms with Crippen molar-refractivity contribution in [3.8, 4) is 17.4 Å². The molecule has 3 atom stereocenters. The molecule has 3 fully saturated rings. The van der Waals surface area contributed by atoms with Gasteiger partial charge < -0.3 is 24.5 Å². The number of carbonyl (C=O) groups is 1. The third-order valence-corrected chi connectivity index (χ3v) is 8.38. The first kappa shape index (κ1) is 23.5. The molecule has 4 heterocycles. The molecule has 1 aliphatic heterocycles. The molecule has 1 aromatic carbocycles. The standard InChI is InChI=1S/C27H27F3N6O2/c1-34-23-17(28)8-16(26(37)36-12-15-4-6-19(36)22(15)31)9-18(23)32-25(34)20-10-14-5-7-21(38-27(29)30)33-24(14)35(20)11-13-2-3-13/h5,7-10,13,15,19,22,27H,2-4,6,11-12,31H2,1H3. The Morgan fingerprint density at radius 1 is 1.16 bits per heavy atom. The highest BCUT2D eigenvalue weighted by Crippen LogP contribution is 2.39. The fourth-order valence-electron chi connectivity index (χ4n) is 6.29. The summed E-state index contributed by atoms with van der Waals surface area (Å²) in [5, 5.41) is 0.742. The fraction of sp³-hybridized carbons (Fsp3) is 0.444. The molecule has 38 heavy (non-hydrogen) atoms. The molecule has 2 aliphatic carbocycles. The van der Waals surface area contributed by atoms with Crippen LogP contribution >= 0.6 is 0 Å². The maximum atomic E-state index is 15.5. The van der Waals surface area contributed by atoms with Crippen LogP contribution in [-0.2, 0) is 13.6 Å². The SMILES string of the molecule is Cn1c(-c2cc3ccc(OC(F)F)nc3n2CC2CC2)nc2cc(C(=O)N3CC4CCC3C4N)cc(F)c21. The maximum Gasteiger partial charge on any atom is 0.388 e. The molecule has 1 saturated heterocycles. The molecule has 11 heteroatoms. The second kappa shape index (κ2) is 8.45. The van der Waals surface area contributed by atoms with Gasteiger partial charge in [-0.15, -0.1) is 0 Å². The number of aromatic nitrogens is 4. The van der Waals surface area contributed by atoms with E-state index in [0.29, 0.717) is 47.6 Å². The number of likely N-dealkylation sites (tertiary alicyclic amines) is 1. The fourth-order valence-corrected chi connectivity index (χ4v) is 6.29. The number of pyridine rings is 1.